The molecule has 1 unspecified atom stereocenters. The van der Waals surface area contributed by atoms with Gasteiger partial charge in [-0.2, -0.15) is 0 Å². The predicted molar refractivity (Wildman–Crippen MR) is 148 cm³/mol. The zero-order valence-electron chi connectivity index (χ0n) is 21.9. The van der Waals surface area contributed by atoms with Gasteiger partial charge in [-0.25, -0.2) is 4.98 Å². The fourth-order valence-electron chi connectivity index (χ4n) is 5.23. The molecule has 6 nitrogen and oxygen atoms in total. The Balaban J connectivity index is 1.30. The number of fused-ring (bicyclic) bond motifs is 1. The average Bonchev–Trinajstić information content (AvgIpc) is 3.46. The maximum atomic E-state index is 13.1. The molecule has 0 spiro atoms. The molecule has 0 aliphatic carbocycles. The number of carbonyl (C=O) groups excluding carboxylic acids is 1. The van der Waals surface area contributed by atoms with Crippen LogP contribution in [-0.4, -0.2) is 35.2 Å². The van der Waals surface area contributed by atoms with Gasteiger partial charge in [-0.05, 0) is 69.5 Å². The highest BCUT2D eigenvalue weighted by Gasteiger charge is 2.35. The van der Waals surface area contributed by atoms with Gasteiger partial charge in [0.1, 0.15) is 17.3 Å². The van der Waals surface area contributed by atoms with Gasteiger partial charge in [-0.3, -0.25) is 4.79 Å². The first-order valence-electron chi connectivity index (χ1n) is 13.2. The molecular formula is C31H35N3O3. The van der Waals surface area contributed by atoms with E-state index >= 15 is 0 Å². The first kappa shape index (κ1) is 24.9. The maximum Gasteiger partial charge on any atom is 0.227 e. The van der Waals surface area contributed by atoms with Crippen LogP contribution in [0.1, 0.15) is 49.1 Å². The molecule has 1 aromatic heterocycles. The topological polar surface area (TPSA) is 56.6 Å². The van der Waals surface area contributed by atoms with Crippen LogP contribution in [0.3, 0.4) is 0 Å². The molecule has 4 aromatic rings. The first-order valence-corrected chi connectivity index (χ1v) is 13.2. The molecule has 1 aliphatic heterocycles. The van der Waals surface area contributed by atoms with Crippen LogP contribution in [0.5, 0.6) is 11.5 Å². The van der Waals surface area contributed by atoms with Crippen LogP contribution in [0.15, 0.2) is 66.7 Å². The van der Waals surface area contributed by atoms with Crippen molar-refractivity contribution in [1.29, 1.82) is 0 Å². The molecule has 1 amide bonds. The van der Waals surface area contributed by atoms with Crippen molar-refractivity contribution in [3.8, 4) is 11.5 Å². The standard InChI is InChI=1S/C31H35N3O3/c1-4-36-29-14-8-7-13-27(29)34-21-24(20-30(34)35)31-32-25-11-5-6-12-26(25)33(31)17-9-10-18-37-28-16-15-22(2)19-23(28)3/h5-8,11-16,19,24H,4,9-10,17-18,20-21H2,1-3H3. The minimum atomic E-state index is 0.0287. The number of ether oxygens (including phenoxy) is 2. The van der Waals surface area contributed by atoms with E-state index in [9.17, 15) is 4.79 Å². The second-order valence-corrected chi connectivity index (χ2v) is 9.74. The van der Waals surface area contributed by atoms with Gasteiger partial charge in [0.05, 0.1) is 29.9 Å². The number of carbonyl (C=O) groups is 1. The molecule has 3 aromatic carbocycles. The Bertz CT molecular complexity index is 1390. The van der Waals surface area contributed by atoms with E-state index in [1.807, 2.05) is 42.2 Å². The van der Waals surface area contributed by atoms with Crippen LogP contribution >= 0.6 is 0 Å². The smallest absolute Gasteiger partial charge is 0.227 e. The quantitative estimate of drug-likeness (QED) is 0.237. The predicted octanol–water partition coefficient (Wildman–Crippen LogP) is 6.43. The lowest BCUT2D eigenvalue weighted by Gasteiger charge is -2.20. The van der Waals surface area contributed by atoms with Gasteiger partial charge in [0.2, 0.25) is 5.91 Å². The summed E-state index contributed by atoms with van der Waals surface area (Å²) in [6.45, 7) is 8.82. The number of imidazole rings is 1. The second kappa shape index (κ2) is 11.1. The summed E-state index contributed by atoms with van der Waals surface area (Å²) in [6, 6.07) is 22.3. The average molecular weight is 498 g/mol. The van der Waals surface area contributed by atoms with Crippen LogP contribution in [0.4, 0.5) is 5.69 Å². The van der Waals surface area contributed by atoms with Crippen LogP contribution in [0.25, 0.3) is 11.0 Å². The Kier molecular flexibility index (Phi) is 7.45. The molecule has 0 bridgehead atoms. The zero-order valence-corrected chi connectivity index (χ0v) is 21.9. The number of nitrogens with zero attached hydrogens (tertiary/aromatic N) is 3. The van der Waals surface area contributed by atoms with Gasteiger partial charge in [0.25, 0.3) is 0 Å². The lowest BCUT2D eigenvalue weighted by Crippen LogP contribution is -2.25. The lowest BCUT2D eigenvalue weighted by atomic mass is 10.1. The summed E-state index contributed by atoms with van der Waals surface area (Å²) >= 11 is 0. The van der Waals surface area contributed by atoms with Crippen LogP contribution < -0.4 is 14.4 Å². The number of para-hydroxylation sites is 4. The third-order valence-corrected chi connectivity index (χ3v) is 6.99. The van der Waals surface area contributed by atoms with Gasteiger partial charge in [0, 0.05) is 25.4 Å². The molecule has 5 rings (SSSR count). The number of hydrogen-bond acceptors (Lipinski definition) is 4. The molecule has 1 aliphatic rings. The molecule has 1 saturated heterocycles. The second-order valence-electron chi connectivity index (χ2n) is 9.74. The summed E-state index contributed by atoms with van der Waals surface area (Å²) < 4.78 is 14.2. The summed E-state index contributed by atoms with van der Waals surface area (Å²) in [6.07, 6.45) is 2.35. The number of unbranched alkanes of at least 4 members (excludes halogenated alkanes) is 1. The minimum Gasteiger partial charge on any atom is -0.493 e. The van der Waals surface area contributed by atoms with Crippen LogP contribution in [0.2, 0.25) is 0 Å². The summed E-state index contributed by atoms with van der Waals surface area (Å²) in [5.74, 6) is 2.83. The molecular weight excluding hydrogens is 462 g/mol. The van der Waals surface area contributed by atoms with E-state index in [0.717, 1.165) is 53.4 Å². The largest absolute Gasteiger partial charge is 0.493 e. The van der Waals surface area contributed by atoms with E-state index in [4.69, 9.17) is 14.5 Å². The third-order valence-electron chi connectivity index (χ3n) is 6.99. The van der Waals surface area contributed by atoms with Gasteiger partial charge < -0.3 is 18.9 Å². The Morgan fingerprint density at radius 2 is 1.76 bits per heavy atom. The molecule has 1 atom stereocenters. The summed E-state index contributed by atoms with van der Waals surface area (Å²) in [5.41, 5.74) is 5.35. The molecule has 37 heavy (non-hydrogen) atoms. The van der Waals surface area contributed by atoms with Gasteiger partial charge in [0.15, 0.2) is 0 Å². The normalized spacial score (nSPS) is 15.5. The first-order chi connectivity index (χ1) is 18.0. The Labute approximate surface area is 218 Å². The highest BCUT2D eigenvalue weighted by Crippen LogP contribution is 2.37. The SMILES string of the molecule is CCOc1ccccc1N1CC(c2nc3ccccc3n2CCCCOc2ccc(C)cc2C)CC1=O. The van der Waals surface area contributed by atoms with Crippen molar-refractivity contribution in [3.05, 3.63) is 83.7 Å². The van der Waals surface area contributed by atoms with Gasteiger partial charge in [-0.15, -0.1) is 0 Å². The molecule has 2 heterocycles. The number of anilines is 1. The van der Waals surface area contributed by atoms with Crippen molar-refractivity contribution in [3.63, 3.8) is 0 Å². The molecule has 0 N–H and O–H groups in total. The van der Waals surface area contributed by atoms with Crippen molar-refractivity contribution in [1.82, 2.24) is 9.55 Å². The third kappa shape index (κ3) is 5.33. The van der Waals surface area contributed by atoms with Gasteiger partial charge >= 0.3 is 0 Å². The molecule has 0 saturated carbocycles. The van der Waals surface area contributed by atoms with E-state index < -0.39 is 0 Å². The van der Waals surface area contributed by atoms with E-state index in [1.165, 1.54) is 11.1 Å². The fraction of sp³-hybridized carbons (Fsp3) is 0.355. The highest BCUT2D eigenvalue weighted by molar-refractivity contribution is 5.97. The van der Waals surface area contributed by atoms with Crippen molar-refractivity contribution in [2.75, 3.05) is 24.7 Å². The number of aryl methyl sites for hydroxylation is 3. The number of aromatic nitrogens is 2. The van der Waals surface area contributed by atoms with E-state index in [-0.39, 0.29) is 11.8 Å². The van der Waals surface area contributed by atoms with Crippen molar-refractivity contribution in [2.24, 2.45) is 0 Å². The Hall–Kier alpha value is -3.80. The summed E-state index contributed by atoms with van der Waals surface area (Å²) in [5, 5.41) is 0. The lowest BCUT2D eigenvalue weighted by molar-refractivity contribution is -0.117. The maximum absolute atomic E-state index is 13.1. The Morgan fingerprint density at radius 1 is 0.946 bits per heavy atom. The summed E-state index contributed by atoms with van der Waals surface area (Å²) in [7, 11) is 0. The van der Waals surface area contributed by atoms with Crippen LogP contribution in [0, 0.1) is 13.8 Å². The van der Waals surface area contributed by atoms with Crippen molar-refractivity contribution >= 4 is 22.6 Å². The minimum absolute atomic E-state index is 0.0287. The number of amides is 1. The summed E-state index contributed by atoms with van der Waals surface area (Å²) in [4.78, 5) is 20.0. The highest BCUT2D eigenvalue weighted by atomic mass is 16.5. The number of benzene rings is 3. The van der Waals surface area contributed by atoms with E-state index in [2.05, 4.69) is 54.8 Å². The molecule has 192 valence electrons. The molecule has 0 radical (unpaired) electrons. The van der Waals surface area contributed by atoms with Crippen molar-refractivity contribution in [2.45, 2.75) is 52.5 Å². The van der Waals surface area contributed by atoms with Crippen LogP contribution in [-0.2, 0) is 11.3 Å². The number of hydrogen-bond donors (Lipinski definition) is 0. The molecule has 1 fully saturated rings. The van der Waals surface area contributed by atoms with E-state index in [0.29, 0.717) is 26.2 Å². The van der Waals surface area contributed by atoms with Gasteiger partial charge in [-0.1, -0.05) is 42.0 Å². The van der Waals surface area contributed by atoms with Crippen molar-refractivity contribution < 1.29 is 14.3 Å². The Morgan fingerprint density at radius 3 is 2.59 bits per heavy atom. The monoisotopic (exact) mass is 497 g/mol. The van der Waals surface area contributed by atoms with E-state index in [1.54, 1.807) is 0 Å². The number of rotatable bonds is 10. The zero-order chi connectivity index (χ0) is 25.8. The fourth-order valence-corrected chi connectivity index (χ4v) is 5.23. The molecule has 6 heteroatoms.